The summed E-state index contributed by atoms with van der Waals surface area (Å²) in [4.78, 5) is 0. The summed E-state index contributed by atoms with van der Waals surface area (Å²) < 4.78 is 37.6. The molecule has 0 rings (SSSR count). The smallest absolute Gasteiger partial charge is 0.184 e. The lowest BCUT2D eigenvalue weighted by Gasteiger charge is -2.22. The van der Waals surface area contributed by atoms with Crippen molar-refractivity contribution in [3.63, 3.8) is 0 Å². The summed E-state index contributed by atoms with van der Waals surface area (Å²) in [5.74, 6) is 0. The summed E-state index contributed by atoms with van der Waals surface area (Å²) >= 11 is 0. The third-order valence-corrected chi connectivity index (χ3v) is 3.26. The molecule has 0 aliphatic carbocycles. The summed E-state index contributed by atoms with van der Waals surface area (Å²) in [6, 6.07) is 0. The van der Waals surface area contributed by atoms with Crippen molar-refractivity contribution in [2.24, 2.45) is 0 Å². The van der Waals surface area contributed by atoms with Gasteiger partial charge in [0.05, 0.1) is 51.8 Å². The Labute approximate surface area is 122 Å². The van der Waals surface area contributed by atoms with E-state index in [0.29, 0.717) is 33.0 Å². The maximum atomic E-state index is 11.6. The van der Waals surface area contributed by atoms with Crippen molar-refractivity contribution in [2.75, 3.05) is 39.6 Å². The van der Waals surface area contributed by atoms with E-state index in [2.05, 4.69) is 6.66 Å². The van der Waals surface area contributed by atoms with E-state index in [0.717, 1.165) is 0 Å². The predicted molar refractivity (Wildman–Crippen MR) is 77.9 cm³/mol. The topological polar surface area (TPSA) is 63.2 Å². The minimum atomic E-state index is -3.21. The highest BCUT2D eigenvalue weighted by atomic mass is 31.2. The third kappa shape index (κ3) is 14.4. The first kappa shape index (κ1) is 20.0. The van der Waals surface area contributed by atoms with E-state index in [-0.39, 0.29) is 18.8 Å². The molecule has 0 aromatic carbocycles. The number of ether oxygens (including phenoxy) is 3. The van der Waals surface area contributed by atoms with Crippen LogP contribution in [0.25, 0.3) is 0 Å². The van der Waals surface area contributed by atoms with E-state index in [1.165, 1.54) is 0 Å². The first-order valence-corrected chi connectivity index (χ1v) is 8.60. The van der Waals surface area contributed by atoms with Crippen molar-refractivity contribution >= 4 is 7.60 Å². The minimum absolute atomic E-state index is 0.180. The van der Waals surface area contributed by atoms with Gasteiger partial charge < -0.3 is 23.3 Å². The molecular weight excluding hydrogens is 283 g/mol. The maximum Gasteiger partial charge on any atom is 0.184 e. The summed E-state index contributed by atoms with van der Waals surface area (Å²) in [6.07, 6.45) is 0.0408. The molecule has 0 radical (unpaired) electrons. The molecule has 0 saturated heterocycles. The van der Waals surface area contributed by atoms with Gasteiger partial charge in [0.25, 0.3) is 0 Å². The summed E-state index contributed by atoms with van der Waals surface area (Å²) in [5, 5.41) is 0. The highest BCUT2D eigenvalue weighted by Gasteiger charge is 2.10. The van der Waals surface area contributed by atoms with Gasteiger partial charge in [-0.05, 0) is 27.7 Å². The van der Waals surface area contributed by atoms with Crippen LogP contribution in [0.4, 0.5) is 0 Å². The van der Waals surface area contributed by atoms with Crippen molar-refractivity contribution < 1.29 is 27.8 Å². The second-order valence-corrected chi connectivity index (χ2v) is 6.43. The van der Waals surface area contributed by atoms with E-state index in [9.17, 15) is 4.57 Å². The molecule has 0 bridgehead atoms. The Morgan fingerprint density at radius 3 is 1.85 bits per heavy atom. The Balaban J connectivity index is 3.30. The second kappa shape index (κ2) is 11.7. The molecule has 0 amide bonds. The van der Waals surface area contributed by atoms with Crippen molar-refractivity contribution in [2.45, 2.75) is 39.9 Å². The molecule has 0 aliphatic heterocycles. The molecule has 0 spiro atoms. The number of rotatable bonds is 13. The summed E-state index contributed by atoms with van der Waals surface area (Å²) in [7, 11) is -3.21. The van der Waals surface area contributed by atoms with Crippen LogP contribution in [0.5, 0.6) is 0 Å². The van der Waals surface area contributed by atoms with Crippen molar-refractivity contribution in [3.05, 3.63) is 6.66 Å². The monoisotopic (exact) mass is 311 g/mol. The molecule has 0 aromatic heterocycles. The highest BCUT2D eigenvalue weighted by Crippen LogP contribution is 2.47. The van der Waals surface area contributed by atoms with Gasteiger partial charge in [0.2, 0.25) is 0 Å². The minimum Gasteiger partial charge on any atom is -0.377 e. The molecule has 0 fully saturated rings. The molecule has 7 heteroatoms. The first-order chi connectivity index (χ1) is 9.33. The van der Waals surface area contributed by atoms with Gasteiger partial charge in [-0.1, -0.05) is 0 Å². The maximum absolute atomic E-state index is 11.6. The van der Waals surface area contributed by atoms with Crippen LogP contribution in [-0.4, -0.2) is 51.8 Å². The Kier molecular flexibility index (Phi) is 11.7. The zero-order valence-electron chi connectivity index (χ0n) is 13.0. The van der Waals surface area contributed by atoms with Crippen LogP contribution in [-0.2, 0) is 27.8 Å². The van der Waals surface area contributed by atoms with Crippen molar-refractivity contribution in [1.29, 1.82) is 0 Å². The molecular formula is C13H28O6P-. The van der Waals surface area contributed by atoms with Gasteiger partial charge in [0.15, 0.2) is 7.60 Å². The largest absolute Gasteiger partial charge is 0.377 e. The van der Waals surface area contributed by atoms with Gasteiger partial charge in [-0.25, -0.2) is 6.66 Å². The third-order valence-electron chi connectivity index (χ3n) is 1.94. The van der Waals surface area contributed by atoms with Crippen LogP contribution < -0.4 is 0 Å². The molecule has 1 atom stereocenters. The SMILES string of the molecule is [CH2-]P(=O)(OCCOCCOCCOC(C)C)OC(C)C. The van der Waals surface area contributed by atoms with Crippen LogP contribution in [0.1, 0.15) is 27.7 Å². The molecule has 0 aromatic rings. The fourth-order valence-electron chi connectivity index (χ4n) is 1.25. The molecule has 0 aliphatic rings. The van der Waals surface area contributed by atoms with E-state index in [1.54, 1.807) is 13.8 Å². The average Bonchev–Trinajstić information content (AvgIpc) is 2.29. The first-order valence-electron chi connectivity index (χ1n) is 6.88. The van der Waals surface area contributed by atoms with Gasteiger partial charge >= 0.3 is 0 Å². The van der Waals surface area contributed by atoms with Crippen molar-refractivity contribution in [1.82, 2.24) is 0 Å². The molecule has 20 heavy (non-hydrogen) atoms. The average molecular weight is 311 g/mol. The Hall–Kier alpha value is 0.0300. The van der Waals surface area contributed by atoms with E-state index >= 15 is 0 Å². The van der Waals surface area contributed by atoms with Gasteiger partial charge in [0.1, 0.15) is 0 Å². The van der Waals surface area contributed by atoms with E-state index in [4.69, 9.17) is 23.3 Å². The van der Waals surface area contributed by atoms with Gasteiger partial charge in [0, 0.05) is 0 Å². The standard InChI is InChI=1S/C13H28O6P/c1-12(2)17-10-8-15-6-7-16-9-11-18-20(5,14)19-13(3)4/h12-13H,5-11H2,1-4H3/q-1. The molecule has 1 unspecified atom stereocenters. The van der Waals surface area contributed by atoms with Crippen LogP contribution >= 0.6 is 7.60 Å². The molecule has 122 valence electrons. The van der Waals surface area contributed by atoms with Crippen LogP contribution in [0.3, 0.4) is 0 Å². The number of hydrogen-bond donors (Lipinski definition) is 0. The van der Waals surface area contributed by atoms with Gasteiger partial charge in [-0.2, -0.15) is 0 Å². The lowest BCUT2D eigenvalue weighted by atomic mass is 10.5. The molecule has 0 saturated carbocycles. The Morgan fingerprint density at radius 1 is 0.850 bits per heavy atom. The van der Waals surface area contributed by atoms with E-state index in [1.807, 2.05) is 13.8 Å². The van der Waals surface area contributed by atoms with Crippen molar-refractivity contribution in [3.8, 4) is 0 Å². The zero-order chi connectivity index (χ0) is 15.4. The normalized spacial score (nSPS) is 14.9. The van der Waals surface area contributed by atoms with Crippen LogP contribution in [0.2, 0.25) is 0 Å². The Morgan fingerprint density at radius 2 is 1.35 bits per heavy atom. The van der Waals surface area contributed by atoms with Gasteiger partial charge in [-0.3, -0.25) is 4.57 Å². The predicted octanol–water partition coefficient (Wildman–Crippen LogP) is 2.87. The van der Waals surface area contributed by atoms with Crippen LogP contribution in [0.15, 0.2) is 0 Å². The quantitative estimate of drug-likeness (QED) is 0.296. The summed E-state index contributed by atoms with van der Waals surface area (Å²) in [5.41, 5.74) is 0. The van der Waals surface area contributed by atoms with Gasteiger partial charge in [-0.15, -0.1) is 0 Å². The van der Waals surface area contributed by atoms with E-state index < -0.39 is 7.60 Å². The lowest BCUT2D eigenvalue weighted by Crippen LogP contribution is -2.13. The second-order valence-electron chi connectivity index (χ2n) is 4.74. The highest BCUT2D eigenvalue weighted by molar-refractivity contribution is 7.55. The lowest BCUT2D eigenvalue weighted by molar-refractivity contribution is -0.00535. The van der Waals surface area contributed by atoms with Crippen LogP contribution in [0, 0.1) is 6.66 Å². The molecule has 6 nitrogen and oxygen atoms in total. The fourth-order valence-corrected chi connectivity index (χ4v) is 2.31. The summed E-state index contributed by atoms with van der Waals surface area (Å²) in [6.45, 7) is 13.5. The number of hydrogen-bond acceptors (Lipinski definition) is 6. The molecule has 0 heterocycles. The zero-order valence-corrected chi connectivity index (χ0v) is 13.9. The fraction of sp³-hybridized carbons (Fsp3) is 0.923. The Bertz CT molecular complexity index is 270. The molecule has 0 N–H and O–H groups in total.